The Hall–Kier alpha value is -1.43. The first-order chi connectivity index (χ1) is 9.70. The van der Waals surface area contributed by atoms with Crippen molar-refractivity contribution in [3.8, 4) is 10.6 Å². The number of halogens is 1. The molecule has 0 aliphatic heterocycles. The minimum atomic E-state index is -0.147. The van der Waals surface area contributed by atoms with Crippen LogP contribution in [0.15, 0.2) is 29.6 Å². The smallest absolute Gasteiger partial charge is 0.270 e. The van der Waals surface area contributed by atoms with Crippen LogP contribution in [0.2, 0.25) is 5.02 Å². The predicted molar refractivity (Wildman–Crippen MR) is 83.2 cm³/mol. The molecular weight excluding hydrogens is 294 g/mol. The lowest BCUT2D eigenvalue weighted by atomic mass is 10.2. The standard InChI is InChI=1S/C14H16ClN3OS/c15-11-5-3-4-10(8-11)14-18-12(9-20-14)13(19)17-7-2-1-6-16/h3-5,8-9H,1-2,6-7,16H2,(H,17,19). The van der Waals surface area contributed by atoms with Crippen LogP contribution in [0.5, 0.6) is 0 Å². The van der Waals surface area contributed by atoms with Crippen molar-refractivity contribution in [1.82, 2.24) is 10.3 Å². The van der Waals surface area contributed by atoms with Gasteiger partial charge >= 0.3 is 0 Å². The molecule has 2 rings (SSSR count). The van der Waals surface area contributed by atoms with Gasteiger partial charge in [-0.1, -0.05) is 23.7 Å². The van der Waals surface area contributed by atoms with Gasteiger partial charge in [0, 0.05) is 22.5 Å². The zero-order valence-corrected chi connectivity index (χ0v) is 12.5. The van der Waals surface area contributed by atoms with Gasteiger partial charge in [0.1, 0.15) is 10.7 Å². The number of hydrogen-bond donors (Lipinski definition) is 2. The maximum atomic E-state index is 11.9. The minimum Gasteiger partial charge on any atom is -0.351 e. The molecule has 0 bridgehead atoms. The van der Waals surface area contributed by atoms with Gasteiger partial charge in [0.05, 0.1) is 0 Å². The highest BCUT2D eigenvalue weighted by atomic mass is 35.5. The number of benzene rings is 1. The highest BCUT2D eigenvalue weighted by Crippen LogP contribution is 2.25. The molecule has 4 nitrogen and oxygen atoms in total. The molecule has 0 saturated heterocycles. The fourth-order valence-electron chi connectivity index (χ4n) is 1.69. The Labute approximate surface area is 127 Å². The molecule has 1 aromatic carbocycles. The molecule has 0 aliphatic rings. The predicted octanol–water partition coefficient (Wildman–Crippen LogP) is 2.93. The number of carbonyl (C=O) groups excluding carboxylic acids is 1. The second-order valence-corrected chi connectivity index (χ2v) is 5.59. The lowest BCUT2D eigenvalue weighted by Crippen LogP contribution is -2.25. The Morgan fingerprint density at radius 1 is 1.40 bits per heavy atom. The van der Waals surface area contributed by atoms with Gasteiger partial charge in [-0.3, -0.25) is 4.79 Å². The van der Waals surface area contributed by atoms with Gasteiger partial charge in [0.2, 0.25) is 0 Å². The van der Waals surface area contributed by atoms with Gasteiger partial charge in [-0.2, -0.15) is 0 Å². The lowest BCUT2D eigenvalue weighted by Gasteiger charge is -2.01. The van der Waals surface area contributed by atoms with Crippen LogP contribution < -0.4 is 11.1 Å². The highest BCUT2D eigenvalue weighted by molar-refractivity contribution is 7.13. The van der Waals surface area contributed by atoms with E-state index < -0.39 is 0 Å². The van der Waals surface area contributed by atoms with E-state index in [0.717, 1.165) is 23.4 Å². The van der Waals surface area contributed by atoms with E-state index in [1.807, 2.05) is 24.3 Å². The summed E-state index contributed by atoms with van der Waals surface area (Å²) in [7, 11) is 0. The van der Waals surface area contributed by atoms with E-state index in [9.17, 15) is 4.79 Å². The fourth-order valence-corrected chi connectivity index (χ4v) is 2.68. The number of thiazole rings is 1. The second kappa shape index (κ2) is 7.38. The van der Waals surface area contributed by atoms with E-state index in [4.69, 9.17) is 17.3 Å². The first-order valence-electron chi connectivity index (χ1n) is 6.40. The van der Waals surface area contributed by atoms with Crippen molar-refractivity contribution < 1.29 is 4.79 Å². The van der Waals surface area contributed by atoms with Crippen LogP contribution in [0.1, 0.15) is 23.3 Å². The van der Waals surface area contributed by atoms with E-state index in [1.54, 1.807) is 5.38 Å². The molecule has 3 N–H and O–H groups in total. The quantitative estimate of drug-likeness (QED) is 0.806. The number of rotatable bonds is 6. The van der Waals surface area contributed by atoms with E-state index in [-0.39, 0.29) is 5.91 Å². The number of nitrogens with zero attached hydrogens (tertiary/aromatic N) is 1. The summed E-state index contributed by atoms with van der Waals surface area (Å²) in [6.45, 7) is 1.27. The molecule has 0 atom stereocenters. The maximum absolute atomic E-state index is 11.9. The van der Waals surface area contributed by atoms with E-state index >= 15 is 0 Å². The molecule has 1 aromatic heterocycles. The molecule has 1 heterocycles. The summed E-state index contributed by atoms with van der Waals surface area (Å²) in [6.07, 6.45) is 1.79. The van der Waals surface area contributed by atoms with Gasteiger partial charge in [-0.25, -0.2) is 4.98 Å². The number of hydrogen-bond acceptors (Lipinski definition) is 4. The van der Waals surface area contributed by atoms with Crippen LogP contribution in [0.25, 0.3) is 10.6 Å². The summed E-state index contributed by atoms with van der Waals surface area (Å²) in [5.74, 6) is -0.147. The van der Waals surface area contributed by atoms with Crippen LogP contribution >= 0.6 is 22.9 Å². The molecule has 106 valence electrons. The number of nitrogens with one attached hydrogen (secondary N) is 1. The molecule has 0 spiro atoms. The Kier molecular flexibility index (Phi) is 5.52. The first kappa shape index (κ1) is 15.0. The highest BCUT2D eigenvalue weighted by Gasteiger charge is 2.11. The average Bonchev–Trinajstić information content (AvgIpc) is 2.93. The fraction of sp³-hybridized carbons (Fsp3) is 0.286. The Morgan fingerprint density at radius 2 is 2.25 bits per heavy atom. The topological polar surface area (TPSA) is 68.0 Å². The number of unbranched alkanes of at least 4 members (excludes halogenated alkanes) is 1. The average molecular weight is 310 g/mol. The molecule has 1 amide bonds. The number of carbonyl (C=O) groups is 1. The van der Waals surface area contributed by atoms with Crippen LogP contribution in [0.4, 0.5) is 0 Å². The van der Waals surface area contributed by atoms with E-state index in [2.05, 4.69) is 10.3 Å². The number of amides is 1. The summed E-state index contributed by atoms with van der Waals surface area (Å²) >= 11 is 7.38. The molecule has 0 aliphatic carbocycles. The summed E-state index contributed by atoms with van der Waals surface area (Å²) in [5, 5.41) is 6.04. The normalized spacial score (nSPS) is 10.5. The van der Waals surface area contributed by atoms with Gasteiger partial charge in [-0.05, 0) is 31.5 Å². The van der Waals surface area contributed by atoms with Gasteiger partial charge < -0.3 is 11.1 Å². The Morgan fingerprint density at radius 3 is 3.00 bits per heavy atom. The zero-order valence-electron chi connectivity index (χ0n) is 10.9. The second-order valence-electron chi connectivity index (χ2n) is 4.30. The van der Waals surface area contributed by atoms with Gasteiger partial charge in [0.25, 0.3) is 5.91 Å². The Bertz CT molecular complexity index is 585. The third-order valence-corrected chi connectivity index (χ3v) is 3.85. The van der Waals surface area contributed by atoms with Crippen molar-refractivity contribution in [2.45, 2.75) is 12.8 Å². The van der Waals surface area contributed by atoms with Crippen molar-refractivity contribution >= 4 is 28.8 Å². The largest absolute Gasteiger partial charge is 0.351 e. The van der Waals surface area contributed by atoms with E-state index in [0.29, 0.717) is 23.8 Å². The van der Waals surface area contributed by atoms with Crippen LogP contribution in [0, 0.1) is 0 Å². The van der Waals surface area contributed by atoms with Crippen molar-refractivity contribution in [2.75, 3.05) is 13.1 Å². The number of nitrogens with two attached hydrogens (primary N) is 1. The SMILES string of the molecule is NCCCCNC(=O)c1csc(-c2cccc(Cl)c2)n1. The monoisotopic (exact) mass is 309 g/mol. The van der Waals surface area contributed by atoms with Crippen LogP contribution in [-0.4, -0.2) is 24.0 Å². The van der Waals surface area contributed by atoms with Gasteiger partial charge in [-0.15, -0.1) is 11.3 Å². The minimum absolute atomic E-state index is 0.147. The van der Waals surface area contributed by atoms with Crippen molar-refractivity contribution in [1.29, 1.82) is 0 Å². The molecular formula is C14H16ClN3OS. The molecule has 0 unspecified atom stereocenters. The maximum Gasteiger partial charge on any atom is 0.270 e. The molecule has 0 saturated carbocycles. The van der Waals surface area contributed by atoms with Crippen molar-refractivity contribution in [2.24, 2.45) is 5.73 Å². The van der Waals surface area contributed by atoms with Crippen molar-refractivity contribution in [3.05, 3.63) is 40.4 Å². The van der Waals surface area contributed by atoms with Gasteiger partial charge in [0.15, 0.2) is 0 Å². The summed E-state index contributed by atoms with van der Waals surface area (Å²) in [4.78, 5) is 16.2. The molecule has 6 heteroatoms. The molecule has 0 radical (unpaired) electrons. The van der Waals surface area contributed by atoms with Crippen LogP contribution in [-0.2, 0) is 0 Å². The zero-order chi connectivity index (χ0) is 14.4. The third kappa shape index (κ3) is 4.03. The van der Waals surface area contributed by atoms with Crippen molar-refractivity contribution in [3.63, 3.8) is 0 Å². The molecule has 20 heavy (non-hydrogen) atoms. The lowest BCUT2D eigenvalue weighted by molar-refractivity contribution is 0.0949. The summed E-state index contributed by atoms with van der Waals surface area (Å²) < 4.78 is 0. The Balaban J connectivity index is 2.00. The first-order valence-corrected chi connectivity index (χ1v) is 7.66. The third-order valence-electron chi connectivity index (χ3n) is 2.72. The number of aromatic nitrogens is 1. The van der Waals surface area contributed by atoms with E-state index in [1.165, 1.54) is 11.3 Å². The molecule has 2 aromatic rings. The summed E-state index contributed by atoms with van der Waals surface area (Å²) in [6, 6.07) is 7.44. The van der Waals surface area contributed by atoms with Crippen LogP contribution in [0.3, 0.4) is 0 Å². The summed E-state index contributed by atoms with van der Waals surface area (Å²) in [5.41, 5.74) is 6.77. The molecule has 0 fully saturated rings.